The number of fused-ring (bicyclic) bond motifs is 1. The van der Waals surface area contributed by atoms with Crippen LogP contribution in [-0.2, 0) is 0 Å². The quantitative estimate of drug-likeness (QED) is 0.342. The van der Waals surface area contributed by atoms with Crippen molar-refractivity contribution >= 4 is 28.4 Å². The molecule has 1 fully saturated rings. The fourth-order valence-electron chi connectivity index (χ4n) is 2.94. The average Bonchev–Trinajstić information content (AvgIpc) is 3.56. The molecule has 0 atom stereocenters. The maximum absolute atomic E-state index is 12.8. The van der Waals surface area contributed by atoms with Crippen LogP contribution in [0.2, 0.25) is 0 Å². The van der Waals surface area contributed by atoms with Crippen molar-refractivity contribution in [2.75, 3.05) is 20.0 Å². The number of aromatic nitrogens is 2. The molecule has 138 valence electrons. The highest BCUT2D eigenvalue weighted by atomic mass is 32.2. The molecule has 27 heavy (non-hydrogen) atoms. The fourth-order valence-corrected chi connectivity index (χ4v) is 3.85. The number of hydrogen-bond acceptors (Lipinski definition) is 6. The van der Waals surface area contributed by atoms with E-state index in [2.05, 4.69) is 4.98 Å². The molecule has 1 aliphatic rings. The second-order valence-electron chi connectivity index (χ2n) is 6.46. The van der Waals surface area contributed by atoms with E-state index in [1.807, 2.05) is 24.3 Å². The van der Waals surface area contributed by atoms with Crippen molar-refractivity contribution < 1.29 is 14.3 Å². The van der Waals surface area contributed by atoms with Gasteiger partial charge in [0.15, 0.2) is 5.78 Å². The molecule has 1 aliphatic carbocycles. The van der Waals surface area contributed by atoms with E-state index in [0.717, 1.165) is 34.6 Å². The summed E-state index contributed by atoms with van der Waals surface area (Å²) in [7, 11) is 3.14. The number of Topliss-reactive ketones (excluding diaryl/α,β-unsaturated/α-hetero) is 1. The van der Waals surface area contributed by atoms with Gasteiger partial charge in [0.1, 0.15) is 22.3 Å². The third-order valence-electron chi connectivity index (χ3n) is 4.58. The Balaban J connectivity index is 1.61. The maximum Gasteiger partial charge on any atom is 0.176 e. The predicted molar refractivity (Wildman–Crippen MR) is 106 cm³/mol. The second kappa shape index (κ2) is 7.56. The van der Waals surface area contributed by atoms with Crippen LogP contribution < -0.4 is 9.47 Å². The van der Waals surface area contributed by atoms with Crippen LogP contribution in [0.1, 0.15) is 34.9 Å². The Morgan fingerprint density at radius 2 is 1.93 bits per heavy atom. The first-order valence-corrected chi connectivity index (χ1v) is 9.83. The van der Waals surface area contributed by atoms with Gasteiger partial charge in [0, 0.05) is 11.3 Å². The van der Waals surface area contributed by atoms with Crippen molar-refractivity contribution in [2.45, 2.75) is 23.8 Å². The zero-order valence-corrected chi connectivity index (χ0v) is 16.1. The van der Waals surface area contributed by atoms with E-state index in [1.165, 1.54) is 11.8 Å². The minimum absolute atomic E-state index is 0.0218. The van der Waals surface area contributed by atoms with Crippen LogP contribution in [0, 0.1) is 0 Å². The van der Waals surface area contributed by atoms with E-state index < -0.39 is 0 Å². The number of thioether (sulfide) groups is 1. The summed E-state index contributed by atoms with van der Waals surface area (Å²) >= 11 is 1.45. The molecule has 0 saturated heterocycles. The maximum atomic E-state index is 12.8. The third-order valence-corrected chi connectivity index (χ3v) is 5.57. The zero-order chi connectivity index (χ0) is 18.8. The van der Waals surface area contributed by atoms with Crippen molar-refractivity contribution in [1.29, 1.82) is 0 Å². The van der Waals surface area contributed by atoms with Gasteiger partial charge < -0.3 is 9.47 Å². The van der Waals surface area contributed by atoms with Gasteiger partial charge in [0.25, 0.3) is 0 Å². The molecule has 2 aromatic carbocycles. The number of benzene rings is 2. The summed E-state index contributed by atoms with van der Waals surface area (Å²) in [6, 6.07) is 13.2. The summed E-state index contributed by atoms with van der Waals surface area (Å²) < 4.78 is 10.6. The highest BCUT2D eigenvalue weighted by Gasteiger charge is 2.27. The summed E-state index contributed by atoms with van der Waals surface area (Å²) in [6.45, 7) is 0. The molecule has 0 aliphatic heterocycles. The van der Waals surface area contributed by atoms with Crippen LogP contribution in [0.25, 0.3) is 10.9 Å². The first kappa shape index (κ1) is 17.8. The van der Waals surface area contributed by atoms with Crippen LogP contribution in [0.15, 0.2) is 47.5 Å². The number of ether oxygens (including phenoxy) is 2. The fraction of sp³-hybridized carbons (Fsp3) is 0.286. The lowest BCUT2D eigenvalue weighted by molar-refractivity contribution is 0.101. The van der Waals surface area contributed by atoms with Crippen molar-refractivity contribution in [3.05, 3.63) is 53.9 Å². The number of rotatable bonds is 7. The van der Waals surface area contributed by atoms with Crippen LogP contribution >= 0.6 is 11.8 Å². The monoisotopic (exact) mass is 380 g/mol. The molecule has 0 unspecified atom stereocenters. The van der Waals surface area contributed by atoms with E-state index in [0.29, 0.717) is 23.0 Å². The highest BCUT2D eigenvalue weighted by molar-refractivity contribution is 8.00. The zero-order valence-electron chi connectivity index (χ0n) is 15.3. The Morgan fingerprint density at radius 1 is 1.11 bits per heavy atom. The van der Waals surface area contributed by atoms with Crippen molar-refractivity contribution in [1.82, 2.24) is 9.97 Å². The number of para-hydroxylation sites is 1. The lowest BCUT2D eigenvalue weighted by Gasteiger charge is -2.10. The SMILES string of the molecule is COc1ccc(OC)c(C(=O)CSc2nc(C3CC3)nc3ccccc23)c1. The summed E-state index contributed by atoms with van der Waals surface area (Å²) in [6.07, 6.45) is 2.28. The van der Waals surface area contributed by atoms with Crippen molar-refractivity contribution in [3.8, 4) is 11.5 Å². The molecule has 1 aromatic heterocycles. The first-order valence-electron chi connectivity index (χ1n) is 8.84. The molecule has 0 N–H and O–H groups in total. The summed E-state index contributed by atoms with van der Waals surface area (Å²) in [4.78, 5) is 22.3. The standard InChI is InChI=1S/C21H20N2O3S/c1-25-14-9-10-19(26-2)16(11-14)18(24)12-27-21-15-5-3-4-6-17(15)22-20(23-21)13-7-8-13/h3-6,9-11,13H,7-8,12H2,1-2H3. The van der Waals surface area contributed by atoms with Gasteiger partial charge in [0.05, 0.1) is 31.1 Å². The van der Waals surface area contributed by atoms with Crippen LogP contribution in [-0.4, -0.2) is 35.7 Å². The Morgan fingerprint density at radius 3 is 2.67 bits per heavy atom. The first-order chi connectivity index (χ1) is 13.2. The summed E-state index contributed by atoms with van der Waals surface area (Å²) in [5, 5.41) is 1.84. The predicted octanol–water partition coefficient (Wildman–Crippen LogP) is 4.50. The van der Waals surface area contributed by atoms with Crippen LogP contribution in [0.3, 0.4) is 0 Å². The molecule has 3 aromatic rings. The highest BCUT2D eigenvalue weighted by Crippen LogP contribution is 2.40. The molecule has 0 spiro atoms. The molecule has 1 heterocycles. The number of ketones is 1. The molecule has 4 rings (SSSR count). The van der Waals surface area contributed by atoms with Crippen molar-refractivity contribution in [2.24, 2.45) is 0 Å². The van der Waals surface area contributed by atoms with Gasteiger partial charge in [-0.25, -0.2) is 9.97 Å². The Kier molecular flexibility index (Phi) is 4.99. The lowest BCUT2D eigenvalue weighted by Crippen LogP contribution is -2.06. The van der Waals surface area contributed by atoms with E-state index in [4.69, 9.17) is 14.5 Å². The van der Waals surface area contributed by atoms with Gasteiger partial charge in [0.2, 0.25) is 0 Å². The van der Waals surface area contributed by atoms with Gasteiger partial charge in [-0.3, -0.25) is 4.79 Å². The van der Waals surface area contributed by atoms with E-state index in [9.17, 15) is 4.79 Å². The number of methoxy groups -OCH3 is 2. The smallest absolute Gasteiger partial charge is 0.176 e. The normalized spacial score (nSPS) is 13.6. The number of nitrogens with zero attached hydrogens (tertiary/aromatic N) is 2. The summed E-state index contributed by atoms with van der Waals surface area (Å²) in [5.74, 6) is 2.78. The minimum atomic E-state index is -0.0218. The van der Waals surface area contributed by atoms with Gasteiger partial charge in [-0.05, 0) is 37.1 Å². The van der Waals surface area contributed by atoms with Crippen LogP contribution in [0.4, 0.5) is 0 Å². The molecule has 0 bridgehead atoms. The number of hydrogen-bond donors (Lipinski definition) is 0. The van der Waals surface area contributed by atoms with E-state index in [-0.39, 0.29) is 11.5 Å². The molecular formula is C21H20N2O3S. The van der Waals surface area contributed by atoms with Gasteiger partial charge in [-0.1, -0.05) is 30.0 Å². The third kappa shape index (κ3) is 3.76. The Bertz CT molecular complexity index is 1000. The largest absolute Gasteiger partial charge is 0.497 e. The Labute approximate surface area is 162 Å². The second-order valence-corrected chi connectivity index (χ2v) is 7.42. The van der Waals surface area contributed by atoms with Gasteiger partial charge in [-0.15, -0.1) is 0 Å². The molecule has 6 heteroatoms. The van der Waals surface area contributed by atoms with E-state index >= 15 is 0 Å². The van der Waals surface area contributed by atoms with Crippen molar-refractivity contribution in [3.63, 3.8) is 0 Å². The minimum Gasteiger partial charge on any atom is -0.497 e. The topological polar surface area (TPSA) is 61.3 Å². The molecule has 5 nitrogen and oxygen atoms in total. The lowest BCUT2D eigenvalue weighted by atomic mass is 10.1. The van der Waals surface area contributed by atoms with E-state index in [1.54, 1.807) is 32.4 Å². The molecule has 1 saturated carbocycles. The number of carbonyl (C=O) groups is 1. The summed E-state index contributed by atoms with van der Waals surface area (Å²) in [5.41, 5.74) is 1.45. The van der Waals surface area contributed by atoms with Gasteiger partial charge in [-0.2, -0.15) is 0 Å². The number of carbonyl (C=O) groups excluding carboxylic acids is 1. The molecule has 0 amide bonds. The molecular weight excluding hydrogens is 360 g/mol. The molecule has 0 radical (unpaired) electrons. The van der Waals surface area contributed by atoms with Gasteiger partial charge >= 0.3 is 0 Å². The Hall–Kier alpha value is -2.60. The average molecular weight is 380 g/mol. The van der Waals surface area contributed by atoms with Crippen LogP contribution in [0.5, 0.6) is 11.5 Å².